The zero-order chi connectivity index (χ0) is 25.7. The number of hydrogen-bond donors (Lipinski definition) is 0. The first-order valence-corrected chi connectivity index (χ1v) is 15.7. The molecule has 2 nitrogen and oxygen atoms in total. The SMILES string of the molecule is CC(C)(C)P(Cc1ccc2ccc3ccc(CP(C(C)(C)C)C(C)(C)C)nc3c2n1)C(C)(C)C. The maximum Gasteiger partial charge on any atom is 0.0968 e. The molecule has 1 aromatic carbocycles. The first-order valence-electron chi connectivity index (χ1n) is 12.6. The molecule has 0 unspecified atom stereocenters. The van der Waals surface area contributed by atoms with E-state index in [2.05, 4.69) is 119 Å². The van der Waals surface area contributed by atoms with Crippen LogP contribution in [0.4, 0.5) is 0 Å². The fourth-order valence-electron chi connectivity index (χ4n) is 5.31. The molecule has 0 aliphatic carbocycles. The van der Waals surface area contributed by atoms with Crippen LogP contribution in [0.2, 0.25) is 0 Å². The molecule has 0 fully saturated rings. The van der Waals surface area contributed by atoms with Gasteiger partial charge in [0.1, 0.15) is 0 Å². The molecule has 0 N–H and O–H groups in total. The van der Waals surface area contributed by atoms with Crippen LogP contribution in [0.1, 0.15) is 94.5 Å². The molecule has 3 aromatic rings. The third-order valence-corrected chi connectivity index (χ3v) is 14.3. The van der Waals surface area contributed by atoms with Gasteiger partial charge in [-0.15, -0.1) is 0 Å². The van der Waals surface area contributed by atoms with Crippen LogP contribution in [0, 0.1) is 0 Å². The van der Waals surface area contributed by atoms with Gasteiger partial charge in [-0.3, -0.25) is 9.97 Å². The van der Waals surface area contributed by atoms with Gasteiger partial charge in [-0.25, -0.2) is 0 Å². The molecule has 2 heterocycles. The normalized spacial score (nSPS) is 14.1. The van der Waals surface area contributed by atoms with E-state index in [0.717, 1.165) is 23.4 Å². The maximum absolute atomic E-state index is 5.25. The van der Waals surface area contributed by atoms with Crippen molar-refractivity contribution in [2.45, 2.75) is 116 Å². The lowest BCUT2D eigenvalue weighted by atomic mass is 10.1. The van der Waals surface area contributed by atoms with Crippen LogP contribution in [0.25, 0.3) is 21.8 Å². The van der Waals surface area contributed by atoms with Crippen molar-refractivity contribution in [1.29, 1.82) is 0 Å². The average Bonchev–Trinajstić information content (AvgIpc) is 2.66. The van der Waals surface area contributed by atoms with Crippen LogP contribution in [-0.4, -0.2) is 30.6 Å². The summed E-state index contributed by atoms with van der Waals surface area (Å²) in [6, 6.07) is 13.4. The van der Waals surface area contributed by atoms with Crippen LogP contribution >= 0.6 is 15.8 Å². The second-order valence-electron chi connectivity index (χ2n) is 13.7. The zero-order valence-corrected chi connectivity index (χ0v) is 25.5. The van der Waals surface area contributed by atoms with Gasteiger partial charge in [0.05, 0.1) is 11.0 Å². The zero-order valence-electron chi connectivity index (χ0n) is 23.7. The predicted molar refractivity (Wildman–Crippen MR) is 157 cm³/mol. The molecule has 2 aromatic heterocycles. The number of pyridine rings is 2. The van der Waals surface area contributed by atoms with Crippen molar-refractivity contribution in [2.75, 3.05) is 0 Å². The van der Waals surface area contributed by atoms with Crippen molar-refractivity contribution in [3.63, 3.8) is 0 Å². The summed E-state index contributed by atoms with van der Waals surface area (Å²) in [6.07, 6.45) is 2.10. The smallest absolute Gasteiger partial charge is 0.0968 e. The van der Waals surface area contributed by atoms with E-state index >= 15 is 0 Å². The summed E-state index contributed by atoms with van der Waals surface area (Å²) in [5, 5.41) is 3.50. The van der Waals surface area contributed by atoms with Crippen molar-refractivity contribution in [3.05, 3.63) is 47.8 Å². The Balaban J connectivity index is 2.08. The third-order valence-electron chi connectivity index (χ3n) is 6.51. The van der Waals surface area contributed by atoms with E-state index in [9.17, 15) is 0 Å². The second kappa shape index (κ2) is 9.41. The Morgan fingerprint density at radius 2 is 0.735 bits per heavy atom. The first kappa shape index (κ1) is 27.5. The highest BCUT2D eigenvalue weighted by Gasteiger charge is 2.35. The van der Waals surface area contributed by atoms with E-state index in [1.54, 1.807) is 0 Å². The van der Waals surface area contributed by atoms with E-state index in [4.69, 9.17) is 9.97 Å². The Labute approximate surface area is 211 Å². The average molecular weight is 497 g/mol. The van der Waals surface area contributed by atoms with Gasteiger partial charge < -0.3 is 0 Å². The van der Waals surface area contributed by atoms with E-state index in [0.29, 0.717) is 0 Å². The van der Waals surface area contributed by atoms with E-state index in [1.165, 1.54) is 22.2 Å². The lowest BCUT2D eigenvalue weighted by Gasteiger charge is -2.41. The minimum absolute atomic E-state index is 0.242. The minimum atomic E-state index is -0.242. The largest absolute Gasteiger partial charge is 0.250 e. The highest BCUT2D eigenvalue weighted by atomic mass is 31.1. The van der Waals surface area contributed by atoms with Crippen LogP contribution in [0.5, 0.6) is 0 Å². The standard InChI is InChI=1S/C30H46N2P2/c1-27(2,3)33(28(4,5)6)19-23-17-15-21-13-14-22-16-18-24(32-26(22)25(21)31-23)20-34(29(7,8)9)30(10,11)12/h13-18H,19-20H2,1-12H3. The summed E-state index contributed by atoms with van der Waals surface area (Å²) < 4.78 is 0. The number of aromatic nitrogens is 2. The number of rotatable bonds is 4. The van der Waals surface area contributed by atoms with Crippen LogP contribution in [0.3, 0.4) is 0 Å². The van der Waals surface area contributed by atoms with E-state index in [1.807, 2.05) is 0 Å². The van der Waals surface area contributed by atoms with Crippen LogP contribution < -0.4 is 0 Å². The van der Waals surface area contributed by atoms with Gasteiger partial charge in [-0.05, 0) is 32.8 Å². The molecule has 4 heteroatoms. The Hall–Kier alpha value is -1.10. The van der Waals surface area contributed by atoms with Crippen LogP contribution in [0.15, 0.2) is 36.4 Å². The Kier molecular flexibility index (Phi) is 7.61. The summed E-state index contributed by atoms with van der Waals surface area (Å²) in [5.74, 6) is 0. The fraction of sp³-hybridized carbons (Fsp3) is 0.600. The van der Waals surface area contributed by atoms with Crippen molar-refractivity contribution in [3.8, 4) is 0 Å². The number of hydrogen-bond acceptors (Lipinski definition) is 2. The fourth-order valence-corrected chi connectivity index (χ4v) is 12.2. The minimum Gasteiger partial charge on any atom is -0.250 e. The summed E-state index contributed by atoms with van der Waals surface area (Å²) in [7, 11) is -0.484. The molecule has 0 atom stereocenters. The lowest BCUT2D eigenvalue weighted by Crippen LogP contribution is -2.26. The van der Waals surface area contributed by atoms with Gasteiger partial charge in [-0.1, -0.05) is 123 Å². The Bertz CT molecular complexity index is 1030. The molecule has 0 radical (unpaired) electrons. The number of fused-ring (bicyclic) bond motifs is 3. The molecule has 186 valence electrons. The number of nitrogens with zero attached hydrogens (tertiary/aromatic N) is 2. The maximum atomic E-state index is 5.25. The molecule has 34 heavy (non-hydrogen) atoms. The summed E-state index contributed by atoms with van der Waals surface area (Å²) in [5.41, 5.74) is 4.53. The van der Waals surface area contributed by atoms with Gasteiger partial charge in [0, 0.05) is 34.5 Å². The molecule has 3 rings (SSSR count). The molecule has 0 aliphatic rings. The molecular formula is C30H46N2P2. The highest BCUT2D eigenvalue weighted by Crippen LogP contribution is 2.62. The summed E-state index contributed by atoms with van der Waals surface area (Å²) in [4.78, 5) is 10.5. The van der Waals surface area contributed by atoms with Gasteiger partial charge in [-0.2, -0.15) is 0 Å². The topological polar surface area (TPSA) is 25.8 Å². The number of benzene rings is 1. The van der Waals surface area contributed by atoms with Crippen molar-refractivity contribution < 1.29 is 0 Å². The highest BCUT2D eigenvalue weighted by molar-refractivity contribution is 7.60. The van der Waals surface area contributed by atoms with E-state index < -0.39 is 0 Å². The van der Waals surface area contributed by atoms with Crippen LogP contribution in [-0.2, 0) is 12.3 Å². The Morgan fingerprint density at radius 3 is 1.00 bits per heavy atom. The first-order chi connectivity index (χ1) is 15.4. The predicted octanol–water partition coefficient (Wildman–Crippen LogP) is 9.94. The van der Waals surface area contributed by atoms with Gasteiger partial charge >= 0.3 is 0 Å². The molecule has 0 aliphatic heterocycles. The monoisotopic (exact) mass is 496 g/mol. The molecule has 0 saturated carbocycles. The second-order valence-corrected chi connectivity index (χ2v) is 21.4. The third kappa shape index (κ3) is 6.36. The summed E-state index contributed by atoms with van der Waals surface area (Å²) in [6.45, 7) is 28.6. The lowest BCUT2D eigenvalue weighted by molar-refractivity contribution is 0.701. The van der Waals surface area contributed by atoms with Gasteiger partial charge in [0.25, 0.3) is 0 Å². The quantitative estimate of drug-likeness (QED) is 0.265. The molecular weight excluding hydrogens is 450 g/mol. The molecule has 0 saturated heterocycles. The molecule has 0 amide bonds. The Morgan fingerprint density at radius 1 is 0.471 bits per heavy atom. The van der Waals surface area contributed by atoms with Crippen molar-refractivity contribution >= 4 is 37.6 Å². The molecule has 0 spiro atoms. The van der Waals surface area contributed by atoms with E-state index in [-0.39, 0.29) is 36.5 Å². The van der Waals surface area contributed by atoms with Crippen molar-refractivity contribution in [1.82, 2.24) is 9.97 Å². The van der Waals surface area contributed by atoms with Crippen molar-refractivity contribution in [2.24, 2.45) is 0 Å². The van der Waals surface area contributed by atoms with Gasteiger partial charge in [0.15, 0.2) is 0 Å². The summed E-state index contributed by atoms with van der Waals surface area (Å²) >= 11 is 0. The van der Waals surface area contributed by atoms with Gasteiger partial charge in [0.2, 0.25) is 0 Å². The molecule has 0 bridgehead atoms.